The van der Waals surface area contributed by atoms with Gasteiger partial charge in [-0.3, -0.25) is 19.3 Å². The minimum Gasteiger partial charge on any atom is -0.488 e. The number of anilines is 2. The molecule has 202 valence electrons. The normalized spacial score (nSPS) is 14.2. The number of nitrogens with zero attached hydrogens (tertiary/aromatic N) is 2. The van der Waals surface area contributed by atoms with Gasteiger partial charge in [-0.05, 0) is 68.1 Å². The molecule has 3 aromatic carbocycles. The summed E-state index contributed by atoms with van der Waals surface area (Å²) >= 11 is 13.1. The number of ether oxygens (including phenoxy) is 1. The van der Waals surface area contributed by atoms with Crippen molar-refractivity contribution in [1.29, 1.82) is 0 Å². The number of benzene rings is 3. The van der Waals surface area contributed by atoms with Crippen molar-refractivity contribution in [2.75, 3.05) is 29.9 Å². The zero-order chi connectivity index (χ0) is 27.9. The molecule has 0 saturated carbocycles. The van der Waals surface area contributed by atoms with Gasteiger partial charge in [-0.1, -0.05) is 47.5 Å². The maximum atomic E-state index is 13.1. The number of nitrogens with one attached hydrogen (secondary N) is 1. The molecule has 1 aliphatic heterocycles. The first-order valence-corrected chi connectivity index (χ1v) is 13.9. The molecular weight excluding hydrogens is 557 g/mol. The highest BCUT2D eigenvalue weighted by atomic mass is 35.5. The third kappa shape index (κ3) is 7.15. The smallest absolute Gasteiger partial charge is 0.294 e. The fourth-order valence-corrected chi connectivity index (χ4v) is 5.28. The zero-order valence-electron chi connectivity index (χ0n) is 21.4. The van der Waals surface area contributed by atoms with Crippen molar-refractivity contribution in [3.05, 3.63) is 92.8 Å². The van der Waals surface area contributed by atoms with Crippen LogP contribution in [0.25, 0.3) is 6.08 Å². The lowest BCUT2D eigenvalue weighted by Gasteiger charge is -2.22. The maximum absolute atomic E-state index is 13.1. The van der Waals surface area contributed by atoms with Crippen molar-refractivity contribution in [2.24, 2.45) is 0 Å². The topological polar surface area (TPSA) is 79.0 Å². The Balaban J connectivity index is 1.57. The fraction of sp³-hybridized carbons (Fsp3) is 0.207. The molecule has 0 aliphatic carbocycles. The van der Waals surface area contributed by atoms with Gasteiger partial charge in [-0.25, -0.2) is 0 Å². The molecule has 1 saturated heterocycles. The highest BCUT2D eigenvalue weighted by molar-refractivity contribution is 8.18. The van der Waals surface area contributed by atoms with Crippen molar-refractivity contribution < 1.29 is 19.1 Å². The molecule has 0 bridgehead atoms. The predicted molar refractivity (Wildman–Crippen MR) is 159 cm³/mol. The number of imide groups is 1. The largest absolute Gasteiger partial charge is 0.488 e. The van der Waals surface area contributed by atoms with Gasteiger partial charge in [0.1, 0.15) is 18.9 Å². The van der Waals surface area contributed by atoms with Gasteiger partial charge in [-0.15, -0.1) is 0 Å². The number of halogens is 2. The lowest BCUT2D eigenvalue weighted by molar-refractivity contribution is -0.127. The summed E-state index contributed by atoms with van der Waals surface area (Å²) in [5.41, 5.74) is 2.92. The van der Waals surface area contributed by atoms with Gasteiger partial charge in [0.05, 0.1) is 4.91 Å². The van der Waals surface area contributed by atoms with Crippen LogP contribution in [0.2, 0.25) is 10.0 Å². The van der Waals surface area contributed by atoms with E-state index < -0.39 is 17.1 Å². The van der Waals surface area contributed by atoms with Gasteiger partial charge >= 0.3 is 0 Å². The van der Waals surface area contributed by atoms with Crippen LogP contribution in [0, 0.1) is 0 Å². The molecular formula is C29H27Cl2N3O4S. The van der Waals surface area contributed by atoms with Crippen LogP contribution in [0.4, 0.5) is 16.2 Å². The van der Waals surface area contributed by atoms with Crippen LogP contribution in [0.3, 0.4) is 0 Å². The van der Waals surface area contributed by atoms with E-state index in [-0.39, 0.29) is 18.1 Å². The van der Waals surface area contributed by atoms with Crippen molar-refractivity contribution in [3.8, 4) is 5.75 Å². The Morgan fingerprint density at radius 2 is 1.77 bits per heavy atom. The minimum absolute atomic E-state index is 0.180. The summed E-state index contributed by atoms with van der Waals surface area (Å²) in [5, 5.41) is 3.20. The second-order valence-electron chi connectivity index (χ2n) is 8.60. The molecule has 1 N–H and O–H groups in total. The number of carbonyl (C=O) groups excluding carboxylic acids is 3. The summed E-state index contributed by atoms with van der Waals surface area (Å²) in [6.45, 7) is 5.55. The lowest BCUT2D eigenvalue weighted by atomic mass is 10.1. The first-order valence-electron chi connectivity index (χ1n) is 12.3. The lowest BCUT2D eigenvalue weighted by Crippen LogP contribution is -2.36. The molecule has 1 aliphatic rings. The van der Waals surface area contributed by atoms with Crippen LogP contribution >= 0.6 is 35.0 Å². The SMILES string of the molecule is CCN(CC)c1ccc(/C=C2/SC(=O)N(CC(=O)Nc3ccccc3)C2=O)c(OCc2ccc(Cl)cc2Cl)c1. The molecule has 3 aromatic rings. The van der Waals surface area contributed by atoms with Crippen molar-refractivity contribution in [2.45, 2.75) is 20.5 Å². The first-order chi connectivity index (χ1) is 18.8. The van der Waals surface area contributed by atoms with Crippen LogP contribution in [-0.2, 0) is 16.2 Å². The molecule has 0 radical (unpaired) electrons. The van der Waals surface area contributed by atoms with Crippen molar-refractivity contribution in [1.82, 2.24) is 4.90 Å². The van der Waals surface area contributed by atoms with Crippen LogP contribution in [0.1, 0.15) is 25.0 Å². The van der Waals surface area contributed by atoms with Crippen LogP contribution in [-0.4, -0.2) is 41.6 Å². The Morgan fingerprint density at radius 3 is 2.46 bits per heavy atom. The van der Waals surface area contributed by atoms with E-state index in [4.69, 9.17) is 27.9 Å². The van der Waals surface area contributed by atoms with Crippen LogP contribution in [0.5, 0.6) is 5.75 Å². The Kier molecular flexibility index (Phi) is 9.56. The van der Waals surface area contributed by atoms with Crippen LogP contribution in [0.15, 0.2) is 71.6 Å². The van der Waals surface area contributed by atoms with E-state index in [1.54, 1.807) is 48.5 Å². The molecule has 10 heteroatoms. The number of hydrogen-bond donors (Lipinski definition) is 1. The first kappa shape index (κ1) is 28.5. The summed E-state index contributed by atoms with van der Waals surface area (Å²) in [4.78, 5) is 41.5. The standard InChI is InChI=1S/C29H27Cl2N3O4S/c1-3-33(4-2)23-13-11-19(25(16-23)38-18-20-10-12-21(30)15-24(20)31)14-26-28(36)34(29(37)39-26)17-27(35)32-22-8-6-5-7-9-22/h5-16H,3-4,17-18H2,1-2H3,(H,32,35)/b26-14+. The monoisotopic (exact) mass is 583 g/mol. The number of thioether (sulfide) groups is 1. The Morgan fingerprint density at radius 1 is 1.03 bits per heavy atom. The molecule has 1 fully saturated rings. The van der Waals surface area contributed by atoms with E-state index in [0.717, 1.165) is 41.0 Å². The average Bonchev–Trinajstić information content (AvgIpc) is 3.17. The van der Waals surface area contributed by atoms with Gasteiger partial charge in [0.2, 0.25) is 5.91 Å². The van der Waals surface area contributed by atoms with Crippen molar-refractivity contribution in [3.63, 3.8) is 0 Å². The molecule has 0 aromatic heterocycles. The number of para-hydroxylation sites is 1. The molecule has 0 atom stereocenters. The van der Waals surface area contributed by atoms with E-state index in [1.165, 1.54) is 0 Å². The van der Waals surface area contributed by atoms with E-state index in [2.05, 4.69) is 24.1 Å². The van der Waals surface area contributed by atoms with E-state index >= 15 is 0 Å². The van der Waals surface area contributed by atoms with Gasteiger partial charge in [0.25, 0.3) is 11.1 Å². The Labute approximate surface area is 241 Å². The Hall–Kier alpha value is -3.46. The van der Waals surface area contributed by atoms with Gasteiger partial charge < -0.3 is 15.0 Å². The van der Waals surface area contributed by atoms with Gasteiger partial charge in [0, 0.05) is 51.7 Å². The summed E-state index contributed by atoms with van der Waals surface area (Å²) in [7, 11) is 0. The summed E-state index contributed by atoms with van der Waals surface area (Å²) < 4.78 is 6.17. The quantitative estimate of drug-likeness (QED) is 0.256. The molecule has 39 heavy (non-hydrogen) atoms. The molecule has 0 spiro atoms. The van der Waals surface area contributed by atoms with E-state index in [9.17, 15) is 14.4 Å². The number of hydrogen-bond acceptors (Lipinski definition) is 6. The van der Waals surface area contributed by atoms with E-state index in [1.807, 2.05) is 24.3 Å². The zero-order valence-corrected chi connectivity index (χ0v) is 23.8. The summed E-state index contributed by atoms with van der Waals surface area (Å²) in [6, 6.07) is 19.7. The van der Waals surface area contributed by atoms with Gasteiger partial charge in [-0.2, -0.15) is 0 Å². The molecule has 7 nitrogen and oxygen atoms in total. The minimum atomic E-state index is -0.535. The molecule has 0 unspecified atom stereocenters. The second kappa shape index (κ2) is 13.1. The number of rotatable bonds is 10. The fourth-order valence-electron chi connectivity index (χ4n) is 3.99. The third-order valence-corrected chi connectivity index (χ3v) is 7.54. The number of carbonyl (C=O) groups is 3. The highest BCUT2D eigenvalue weighted by Crippen LogP contribution is 2.36. The van der Waals surface area contributed by atoms with E-state index in [0.29, 0.717) is 27.0 Å². The van der Waals surface area contributed by atoms with Gasteiger partial charge in [0.15, 0.2) is 0 Å². The third-order valence-electron chi connectivity index (χ3n) is 6.04. The Bertz CT molecular complexity index is 1410. The van der Waals surface area contributed by atoms with Crippen molar-refractivity contribution >= 4 is 69.5 Å². The van der Waals surface area contributed by atoms with Crippen LogP contribution < -0.4 is 15.0 Å². The summed E-state index contributed by atoms with van der Waals surface area (Å²) in [6.07, 6.45) is 1.62. The predicted octanol–water partition coefficient (Wildman–Crippen LogP) is 7.09. The second-order valence-corrected chi connectivity index (χ2v) is 10.4. The average molecular weight is 585 g/mol. The molecule has 1 heterocycles. The number of amides is 3. The highest BCUT2D eigenvalue weighted by Gasteiger charge is 2.36. The molecule has 3 amide bonds. The maximum Gasteiger partial charge on any atom is 0.294 e. The molecule has 4 rings (SSSR count). The summed E-state index contributed by atoms with van der Waals surface area (Å²) in [5.74, 6) is -0.469.